The molecule has 252 valence electrons. The summed E-state index contributed by atoms with van der Waals surface area (Å²) in [6.07, 6.45) is 7.99. The van der Waals surface area contributed by atoms with Gasteiger partial charge in [-0.2, -0.15) is 5.26 Å². The van der Waals surface area contributed by atoms with Crippen molar-refractivity contribution < 1.29 is 38.1 Å². The molecule has 7 rings (SSSR count). The highest BCUT2D eigenvalue weighted by atomic mass is 19.1. The van der Waals surface area contributed by atoms with Gasteiger partial charge in [0, 0.05) is 11.0 Å². The van der Waals surface area contributed by atoms with Crippen molar-refractivity contribution in [1.29, 1.82) is 5.26 Å². The zero-order valence-electron chi connectivity index (χ0n) is 27.1. The minimum atomic E-state index is -1.72. The summed E-state index contributed by atoms with van der Waals surface area (Å²) in [5.74, 6) is -1.98. The number of aliphatic imine (C=N–C) groups is 1. The maximum Gasteiger partial charge on any atom is 0.375 e. The number of carbonyl (C=O) groups excluding carboxylic acids is 2. The monoisotopic (exact) mass is 657 g/mol. The standard InChI is InChI=1S/C37H40FN3O7/c1-34-16-22(19-40)28(41-25-6-8-27(38)21(14-25)20-42)15-23(34)5-7-26-31(34)29(43)18-35(2)36(26)17-24(36)9-10-37(35,33(45)47-13-11-39)48-32(44)30-4-3-12-46-30/h3-4,6,8,12,14-15,19,24,26,29,31,42-43H,5,7,9-10,13,16-18,20,40H2,1-2H3/t24?,26?,29?,31?,34-,35-,36?,37-/m0/s1. The number of halogens is 1. The van der Waals surface area contributed by atoms with E-state index in [9.17, 15) is 29.5 Å². The number of fused-ring (bicyclic) bond motifs is 3. The summed E-state index contributed by atoms with van der Waals surface area (Å²) >= 11 is 0. The molecule has 0 radical (unpaired) electrons. The molecule has 5 aliphatic carbocycles. The van der Waals surface area contributed by atoms with Gasteiger partial charge in [-0.15, -0.1) is 0 Å². The van der Waals surface area contributed by atoms with Gasteiger partial charge in [-0.1, -0.05) is 19.4 Å². The van der Waals surface area contributed by atoms with E-state index in [1.807, 2.05) is 19.1 Å². The minimum Gasteiger partial charge on any atom is -0.457 e. The number of hydrogen-bond acceptors (Lipinski definition) is 10. The van der Waals surface area contributed by atoms with E-state index in [1.54, 1.807) is 18.3 Å². The van der Waals surface area contributed by atoms with Crippen LogP contribution in [0, 0.1) is 51.1 Å². The maximum atomic E-state index is 14.1. The van der Waals surface area contributed by atoms with Gasteiger partial charge in [-0.05, 0) is 122 Å². The second kappa shape index (κ2) is 11.4. The van der Waals surface area contributed by atoms with Crippen molar-refractivity contribution >= 4 is 23.3 Å². The Morgan fingerprint density at radius 1 is 1.25 bits per heavy atom. The third-order valence-corrected chi connectivity index (χ3v) is 12.7. The van der Waals surface area contributed by atoms with Gasteiger partial charge in [0.05, 0.1) is 30.4 Å². The molecule has 5 unspecified atom stereocenters. The third kappa shape index (κ3) is 4.45. The number of aliphatic hydroxyl groups excluding tert-OH is 2. The van der Waals surface area contributed by atoms with Crippen LogP contribution in [-0.4, -0.2) is 46.2 Å². The number of benzene rings is 1. The van der Waals surface area contributed by atoms with E-state index in [0.717, 1.165) is 30.4 Å². The molecule has 0 saturated heterocycles. The van der Waals surface area contributed by atoms with Crippen molar-refractivity contribution in [2.75, 3.05) is 6.61 Å². The Kier molecular flexibility index (Phi) is 7.68. The van der Waals surface area contributed by atoms with Gasteiger partial charge in [0.1, 0.15) is 11.9 Å². The van der Waals surface area contributed by atoms with Crippen molar-refractivity contribution in [3.8, 4) is 6.07 Å². The lowest BCUT2D eigenvalue weighted by Gasteiger charge is -2.65. The zero-order valence-corrected chi connectivity index (χ0v) is 27.1. The molecule has 11 heteroatoms. The number of hydrogen-bond donors (Lipinski definition) is 3. The average molecular weight is 658 g/mol. The van der Waals surface area contributed by atoms with Gasteiger partial charge in [0.25, 0.3) is 0 Å². The number of carbonyl (C=O) groups is 2. The molecule has 10 nitrogen and oxygen atoms in total. The SMILES string of the molecule is C[C@]12CC(=CN)C(=Nc3ccc(F)c(CO)c3)C=C1CCC1C2C(O)C[C@@]2(C)C13CC3CC[C@]2(OC(=O)c1ccco1)C(=O)OCC#N. The molecule has 0 amide bonds. The minimum absolute atomic E-state index is 0.00545. The van der Waals surface area contributed by atoms with Gasteiger partial charge in [-0.25, -0.2) is 19.0 Å². The van der Waals surface area contributed by atoms with Gasteiger partial charge >= 0.3 is 11.9 Å². The third-order valence-electron chi connectivity index (χ3n) is 12.7. The topological polar surface area (TPSA) is 168 Å². The van der Waals surface area contributed by atoms with Crippen LogP contribution in [0.25, 0.3) is 0 Å². The van der Waals surface area contributed by atoms with Crippen molar-refractivity contribution in [1.82, 2.24) is 0 Å². The first-order chi connectivity index (χ1) is 23.0. The first-order valence-electron chi connectivity index (χ1n) is 16.6. The van der Waals surface area contributed by atoms with Gasteiger partial charge in [0.2, 0.25) is 11.4 Å². The molecule has 48 heavy (non-hydrogen) atoms. The van der Waals surface area contributed by atoms with Crippen LogP contribution in [0.4, 0.5) is 10.1 Å². The molecule has 1 spiro atoms. The van der Waals surface area contributed by atoms with Gasteiger partial charge in [-0.3, -0.25) is 0 Å². The summed E-state index contributed by atoms with van der Waals surface area (Å²) in [6, 6.07) is 9.27. The van der Waals surface area contributed by atoms with Crippen LogP contribution in [0.15, 0.2) is 69.4 Å². The largest absolute Gasteiger partial charge is 0.457 e. The van der Waals surface area contributed by atoms with Crippen LogP contribution in [-0.2, 0) is 20.9 Å². The highest BCUT2D eigenvalue weighted by molar-refractivity contribution is 6.11. The molecule has 2 aromatic rings. The van der Waals surface area contributed by atoms with Crippen LogP contribution >= 0.6 is 0 Å². The summed E-state index contributed by atoms with van der Waals surface area (Å²) in [7, 11) is 0. The molecule has 4 N–H and O–H groups in total. The molecule has 5 aliphatic rings. The zero-order chi connectivity index (χ0) is 34.1. The summed E-state index contributed by atoms with van der Waals surface area (Å²) in [6.45, 7) is 3.21. The number of nitrogens with zero attached hydrogens (tertiary/aromatic N) is 2. The lowest BCUT2D eigenvalue weighted by molar-refractivity contribution is -0.238. The lowest BCUT2D eigenvalue weighted by Crippen LogP contribution is -2.69. The number of furan rings is 1. The molecule has 8 atom stereocenters. The number of aliphatic hydroxyl groups is 2. The number of ether oxygens (including phenoxy) is 2. The van der Waals surface area contributed by atoms with Gasteiger partial charge in [0.15, 0.2) is 6.61 Å². The normalized spacial score (nSPS) is 38.0. The van der Waals surface area contributed by atoms with Crippen LogP contribution < -0.4 is 5.73 Å². The first-order valence-corrected chi connectivity index (χ1v) is 16.6. The molecule has 4 saturated carbocycles. The van der Waals surface area contributed by atoms with E-state index in [2.05, 4.69) is 6.92 Å². The molecule has 1 aromatic carbocycles. The molecule has 0 bridgehead atoms. The second-order valence-corrected chi connectivity index (χ2v) is 14.6. The Balaban J connectivity index is 1.28. The summed E-state index contributed by atoms with van der Waals surface area (Å²) < 4.78 is 31.1. The second-order valence-electron chi connectivity index (χ2n) is 14.6. The van der Waals surface area contributed by atoms with E-state index < -0.39 is 58.9 Å². The fourth-order valence-corrected chi connectivity index (χ4v) is 10.6. The Hall–Kier alpha value is -4.27. The molecule has 4 fully saturated rings. The van der Waals surface area contributed by atoms with Crippen LogP contribution in [0.5, 0.6) is 0 Å². The van der Waals surface area contributed by atoms with E-state index >= 15 is 0 Å². The van der Waals surface area contributed by atoms with Crippen molar-refractivity contribution in [2.24, 2.45) is 44.7 Å². The van der Waals surface area contributed by atoms with Crippen LogP contribution in [0.3, 0.4) is 0 Å². The fourth-order valence-electron chi connectivity index (χ4n) is 10.6. The van der Waals surface area contributed by atoms with E-state index in [4.69, 9.17) is 24.6 Å². The fraction of sp³-hybridized carbons (Fsp3) is 0.514. The molecule has 1 aromatic heterocycles. The number of nitriles is 1. The summed E-state index contributed by atoms with van der Waals surface area (Å²) in [5, 5.41) is 31.1. The highest BCUT2D eigenvalue weighted by Crippen LogP contribution is 2.83. The Morgan fingerprint density at radius 2 is 2.06 bits per heavy atom. The molecule has 0 aliphatic heterocycles. The number of allylic oxidation sites excluding steroid dienone is 3. The Labute approximate surface area is 278 Å². The van der Waals surface area contributed by atoms with Crippen molar-refractivity contribution in [2.45, 2.75) is 77.1 Å². The van der Waals surface area contributed by atoms with E-state index in [1.165, 1.54) is 24.5 Å². The summed E-state index contributed by atoms with van der Waals surface area (Å²) in [5.41, 5.74) is 5.90. The predicted molar refractivity (Wildman–Crippen MR) is 171 cm³/mol. The Bertz CT molecular complexity index is 1800. The lowest BCUT2D eigenvalue weighted by atomic mass is 9.40. The maximum absolute atomic E-state index is 14.1. The van der Waals surface area contributed by atoms with Crippen LogP contribution in [0.2, 0.25) is 0 Å². The summed E-state index contributed by atoms with van der Waals surface area (Å²) in [4.78, 5) is 32.3. The average Bonchev–Trinajstić information content (AvgIpc) is 3.56. The molecular weight excluding hydrogens is 617 g/mol. The predicted octanol–water partition coefficient (Wildman–Crippen LogP) is 5.42. The van der Waals surface area contributed by atoms with Crippen molar-refractivity contribution in [3.63, 3.8) is 0 Å². The quantitative estimate of drug-likeness (QED) is 0.344. The molecule has 1 heterocycles. The number of nitrogens with two attached hydrogens (primary N) is 1. The van der Waals surface area contributed by atoms with E-state index in [0.29, 0.717) is 24.2 Å². The smallest absolute Gasteiger partial charge is 0.375 e. The van der Waals surface area contributed by atoms with Crippen LogP contribution in [0.1, 0.15) is 74.9 Å². The number of rotatable bonds is 6. The Morgan fingerprint density at radius 3 is 2.77 bits per heavy atom. The highest BCUT2D eigenvalue weighted by Gasteiger charge is 2.83. The van der Waals surface area contributed by atoms with Gasteiger partial charge < -0.3 is 29.8 Å². The molecular formula is C37H40FN3O7. The number of esters is 2. The van der Waals surface area contributed by atoms with Crippen molar-refractivity contribution in [3.05, 3.63) is 77.2 Å². The first kappa shape index (κ1) is 32.3. The van der Waals surface area contributed by atoms with E-state index in [-0.39, 0.29) is 41.9 Å².